The Morgan fingerprint density at radius 3 is 2.29 bits per heavy atom. The van der Waals surface area contributed by atoms with Crippen LogP contribution in [0, 0.1) is 0 Å². The van der Waals surface area contributed by atoms with Gasteiger partial charge < -0.3 is 15.8 Å². The van der Waals surface area contributed by atoms with Gasteiger partial charge in [-0.05, 0) is 36.4 Å². The van der Waals surface area contributed by atoms with Crippen molar-refractivity contribution in [2.24, 2.45) is 5.73 Å². The molecule has 1 heterocycles. The van der Waals surface area contributed by atoms with Crippen molar-refractivity contribution in [3.05, 3.63) is 53.9 Å². The molecular weight excluding hydrogens is 327 g/mol. The van der Waals surface area contributed by atoms with Gasteiger partial charge in [-0.1, -0.05) is 0 Å². The second kappa shape index (κ2) is 6.99. The monoisotopic (exact) mass is 339 g/mol. The molecule has 0 radical (unpaired) electrons. The molecule has 0 bridgehead atoms. The first-order valence-corrected chi connectivity index (χ1v) is 6.61. The van der Waals surface area contributed by atoms with Gasteiger partial charge in [0.05, 0.1) is 5.56 Å². The van der Waals surface area contributed by atoms with E-state index >= 15 is 0 Å². The summed E-state index contributed by atoms with van der Waals surface area (Å²) in [6.45, 7) is -0.275. The van der Waals surface area contributed by atoms with Crippen LogP contribution in [0.4, 0.5) is 18.9 Å². The van der Waals surface area contributed by atoms with Gasteiger partial charge in [-0.2, -0.15) is 13.2 Å². The predicted octanol–water partition coefficient (Wildman–Crippen LogP) is 2.22. The van der Waals surface area contributed by atoms with Crippen molar-refractivity contribution in [3.63, 3.8) is 0 Å². The molecule has 1 aromatic heterocycles. The highest BCUT2D eigenvalue weighted by Gasteiger charge is 2.32. The average Bonchev–Trinajstić information content (AvgIpc) is 2.53. The zero-order valence-electron chi connectivity index (χ0n) is 12.1. The number of benzene rings is 1. The minimum Gasteiger partial charge on any atom is -0.484 e. The van der Waals surface area contributed by atoms with Gasteiger partial charge in [-0.25, -0.2) is 0 Å². The minimum absolute atomic E-state index is 0.0166. The van der Waals surface area contributed by atoms with Gasteiger partial charge in [-0.15, -0.1) is 0 Å². The molecule has 2 aromatic rings. The Balaban J connectivity index is 2.00. The molecule has 126 valence electrons. The lowest BCUT2D eigenvalue weighted by molar-refractivity contribution is -0.141. The quantitative estimate of drug-likeness (QED) is 0.873. The molecule has 1 aromatic carbocycles. The summed E-state index contributed by atoms with van der Waals surface area (Å²) in [5.74, 6) is -0.854. The zero-order chi connectivity index (χ0) is 17.7. The first-order valence-electron chi connectivity index (χ1n) is 6.61. The highest BCUT2D eigenvalue weighted by Crippen LogP contribution is 2.27. The van der Waals surface area contributed by atoms with Gasteiger partial charge in [-0.3, -0.25) is 14.6 Å². The zero-order valence-corrected chi connectivity index (χ0v) is 12.1. The summed E-state index contributed by atoms with van der Waals surface area (Å²) < 4.78 is 42.3. The van der Waals surface area contributed by atoms with Crippen molar-refractivity contribution in [1.82, 2.24) is 4.98 Å². The number of carbonyl (C=O) groups excluding carboxylic acids is 2. The van der Waals surface area contributed by atoms with E-state index in [1.165, 1.54) is 24.3 Å². The predicted molar refractivity (Wildman–Crippen MR) is 78.3 cm³/mol. The van der Waals surface area contributed by atoms with Crippen molar-refractivity contribution >= 4 is 17.5 Å². The third-order valence-electron chi connectivity index (χ3n) is 2.81. The summed E-state index contributed by atoms with van der Waals surface area (Å²) in [7, 11) is 0. The number of hydrogen-bond donors (Lipinski definition) is 2. The van der Waals surface area contributed by atoms with Gasteiger partial charge in [0.2, 0.25) is 0 Å². The maximum absolute atomic E-state index is 12.4. The molecule has 0 atom stereocenters. The number of nitrogens with zero attached hydrogens (tertiary/aromatic N) is 1. The number of rotatable bonds is 5. The van der Waals surface area contributed by atoms with E-state index in [1.54, 1.807) is 0 Å². The largest absolute Gasteiger partial charge is 0.484 e. The number of halogens is 3. The fraction of sp³-hybridized carbons (Fsp3) is 0.133. The number of anilines is 1. The molecule has 0 aliphatic rings. The lowest BCUT2D eigenvalue weighted by Gasteiger charge is -2.08. The van der Waals surface area contributed by atoms with Crippen molar-refractivity contribution < 1.29 is 27.5 Å². The summed E-state index contributed by atoms with van der Waals surface area (Å²) in [6, 6.07) is 7.79. The number of hydrogen-bond acceptors (Lipinski definition) is 4. The maximum atomic E-state index is 12.4. The maximum Gasteiger partial charge on any atom is 0.433 e. The average molecular weight is 339 g/mol. The van der Waals surface area contributed by atoms with Gasteiger partial charge in [0.1, 0.15) is 11.4 Å². The van der Waals surface area contributed by atoms with E-state index in [4.69, 9.17) is 10.5 Å². The topological polar surface area (TPSA) is 94.3 Å². The number of ether oxygens (including phenoxy) is 1. The first-order chi connectivity index (χ1) is 11.3. The van der Waals surface area contributed by atoms with Crippen LogP contribution in [0.25, 0.3) is 0 Å². The molecule has 2 rings (SSSR count). The van der Waals surface area contributed by atoms with Crippen molar-refractivity contribution in [1.29, 1.82) is 0 Å². The molecule has 0 fully saturated rings. The number of primary amides is 1. The number of nitrogens with one attached hydrogen (secondary N) is 1. The lowest BCUT2D eigenvalue weighted by Crippen LogP contribution is -2.20. The molecule has 0 aliphatic heterocycles. The number of pyridine rings is 1. The van der Waals surface area contributed by atoms with Crippen molar-refractivity contribution in [2.45, 2.75) is 6.18 Å². The highest BCUT2D eigenvalue weighted by atomic mass is 19.4. The van der Waals surface area contributed by atoms with E-state index in [0.717, 1.165) is 18.3 Å². The van der Waals surface area contributed by atoms with E-state index in [0.29, 0.717) is 11.4 Å². The lowest BCUT2D eigenvalue weighted by atomic mass is 10.2. The third-order valence-corrected chi connectivity index (χ3v) is 2.81. The molecule has 0 saturated heterocycles. The Hall–Kier alpha value is -3.10. The van der Waals surface area contributed by atoms with Gasteiger partial charge in [0.15, 0.2) is 6.61 Å². The molecule has 0 unspecified atom stereocenters. The van der Waals surface area contributed by atoms with Crippen LogP contribution in [0.5, 0.6) is 5.75 Å². The fourth-order valence-electron chi connectivity index (χ4n) is 1.69. The summed E-state index contributed by atoms with van der Waals surface area (Å²) in [5.41, 5.74) is 4.24. The molecule has 0 saturated carbocycles. The van der Waals surface area contributed by atoms with Crippen molar-refractivity contribution in [3.8, 4) is 5.75 Å². The van der Waals surface area contributed by atoms with E-state index in [-0.39, 0.29) is 12.2 Å². The minimum atomic E-state index is -4.56. The summed E-state index contributed by atoms with van der Waals surface area (Å²) in [6.07, 6.45) is -3.71. The normalized spacial score (nSPS) is 11.0. The van der Waals surface area contributed by atoms with Gasteiger partial charge in [0, 0.05) is 11.9 Å². The standard InChI is InChI=1S/C15H12F3N3O3/c16-15(17,18)12-6-1-9(7-20-12)14(23)21-10-2-4-11(5-3-10)24-8-13(19)22/h1-7H,8H2,(H2,19,22)(H,21,23). The Morgan fingerprint density at radius 2 is 1.79 bits per heavy atom. The number of alkyl halides is 3. The molecule has 3 N–H and O–H groups in total. The molecule has 2 amide bonds. The molecule has 0 spiro atoms. The highest BCUT2D eigenvalue weighted by molar-refractivity contribution is 6.04. The molecule has 9 heteroatoms. The summed E-state index contributed by atoms with van der Waals surface area (Å²) in [5, 5.41) is 2.50. The molecule has 0 aliphatic carbocycles. The van der Waals surface area contributed by atoms with E-state index in [2.05, 4.69) is 10.3 Å². The Labute approximate surface area is 134 Å². The number of amides is 2. The van der Waals surface area contributed by atoms with Crippen LogP contribution in [0.2, 0.25) is 0 Å². The van der Waals surface area contributed by atoms with Crippen LogP contribution < -0.4 is 15.8 Å². The second-order valence-electron chi connectivity index (χ2n) is 4.66. The van der Waals surface area contributed by atoms with Crippen LogP contribution in [-0.2, 0) is 11.0 Å². The smallest absolute Gasteiger partial charge is 0.433 e. The number of aromatic nitrogens is 1. The number of carbonyl (C=O) groups is 2. The van der Waals surface area contributed by atoms with Crippen LogP contribution >= 0.6 is 0 Å². The molecule has 24 heavy (non-hydrogen) atoms. The fourth-order valence-corrected chi connectivity index (χ4v) is 1.69. The third kappa shape index (κ3) is 4.70. The van der Waals surface area contributed by atoms with Crippen LogP contribution in [0.3, 0.4) is 0 Å². The van der Waals surface area contributed by atoms with E-state index in [1.807, 2.05) is 0 Å². The van der Waals surface area contributed by atoms with Crippen molar-refractivity contribution in [2.75, 3.05) is 11.9 Å². The van der Waals surface area contributed by atoms with E-state index < -0.39 is 23.7 Å². The van der Waals surface area contributed by atoms with Crippen LogP contribution in [-0.4, -0.2) is 23.4 Å². The van der Waals surface area contributed by atoms with Gasteiger partial charge >= 0.3 is 6.18 Å². The summed E-state index contributed by atoms with van der Waals surface area (Å²) in [4.78, 5) is 25.8. The summed E-state index contributed by atoms with van der Waals surface area (Å²) >= 11 is 0. The van der Waals surface area contributed by atoms with Crippen LogP contribution in [0.15, 0.2) is 42.6 Å². The first kappa shape index (κ1) is 17.3. The van der Waals surface area contributed by atoms with Crippen LogP contribution in [0.1, 0.15) is 16.1 Å². The van der Waals surface area contributed by atoms with Gasteiger partial charge in [0.25, 0.3) is 11.8 Å². The Kier molecular flexibility index (Phi) is 5.02. The molecular formula is C15H12F3N3O3. The Bertz CT molecular complexity index is 728. The SMILES string of the molecule is NC(=O)COc1ccc(NC(=O)c2ccc(C(F)(F)F)nc2)cc1. The molecule has 6 nitrogen and oxygen atoms in total. The van der Waals surface area contributed by atoms with E-state index in [9.17, 15) is 22.8 Å². The second-order valence-corrected chi connectivity index (χ2v) is 4.66. The Morgan fingerprint density at radius 1 is 1.12 bits per heavy atom. The number of nitrogens with two attached hydrogens (primary N) is 1.